The number of piperazine rings is 1. The molecule has 0 radical (unpaired) electrons. The topological polar surface area (TPSA) is 65.1 Å². The molecule has 0 aliphatic carbocycles. The van der Waals surface area contributed by atoms with Gasteiger partial charge in [-0.1, -0.05) is 24.3 Å². The SMILES string of the molecule is Cc1cccc(Oc2ccccc2NC(=O)N2CCN(CC(=O)N3CCCCC3)CC2)c1. The fourth-order valence-corrected chi connectivity index (χ4v) is 4.20. The highest BCUT2D eigenvalue weighted by molar-refractivity contribution is 5.91. The van der Waals surface area contributed by atoms with E-state index in [1.54, 1.807) is 4.90 Å². The zero-order valence-electron chi connectivity index (χ0n) is 18.8. The highest BCUT2D eigenvalue weighted by Crippen LogP contribution is 2.30. The molecule has 0 atom stereocenters. The lowest BCUT2D eigenvalue weighted by atomic mass is 10.1. The monoisotopic (exact) mass is 436 g/mol. The van der Waals surface area contributed by atoms with Crippen LogP contribution in [0.4, 0.5) is 10.5 Å². The van der Waals surface area contributed by atoms with Gasteiger partial charge in [0.1, 0.15) is 5.75 Å². The Morgan fingerprint density at radius 2 is 1.62 bits per heavy atom. The fourth-order valence-electron chi connectivity index (χ4n) is 4.20. The maximum absolute atomic E-state index is 12.9. The molecule has 4 rings (SSSR count). The van der Waals surface area contributed by atoms with Crippen LogP contribution in [0.5, 0.6) is 11.5 Å². The standard InChI is InChI=1S/C25H32N4O3/c1-20-8-7-9-21(18-20)32-23-11-4-3-10-22(23)26-25(31)29-16-14-27(15-17-29)19-24(30)28-12-5-2-6-13-28/h3-4,7-11,18H,2,5-6,12-17,19H2,1H3,(H,26,31). The molecule has 3 amide bonds. The first kappa shape index (κ1) is 22.1. The lowest BCUT2D eigenvalue weighted by Gasteiger charge is -2.36. The van der Waals surface area contributed by atoms with E-state index in [9.17, 15) is 9.59 Å². The largest absolute Gasteiger partial charge is 0.455 e. The maximum Gasteiger partial charge on any atom is 0.322 e. The van der Waals surface area contributed by atoms with Gasteiger partial charge in [-0.2, -0.15) is 0 Å². The van der Waals surface area contributed by atoms with Crippen molar-refractivity contribution in [2.45, 2.75) is 26.2 Å². The quantitative estimate of drug-likeness (QED) is 0.771. The molecule has 170 valence electrons. The molecule has 2 aliphatic heterocycles. The van der Waals surface area contributed by atoms with Gasteiger partial charge in [-0.15, -0.1) is 0 Å². The van der Waals surface area contributed by atoms with Gasteiger partial charge in [0.2, 0.25) is 5.91 Å². The first-order valence-electron chi connectivity index (χ1n) is 11.5. The molecule has 2 fully saturated rings. The number of hydrogen-bond donors (Lipinski definition) is 1. The zero-order valence-corrected chi connectivity index (χ0v) is 18.8. The van der Waals surface area contributed by atoms with E-state index in [0.717, 1.165) is 37.2 Å². The molecule has 2 heterocycles. The number of hydrogen-bond acceptors (Lipinski definition) is 4. The Bertz CT molecular complexity index is 934. The van der Waals surface area contributed by atoms with Crippen LogP contribution in [-0.4, -0.2) is 72.5 Å². The Morgan fingerprint density at radius 1 is 0.875 bits per heavy atom. The predicted molar refractivity (Wildman–Crippen MR) is 125 cm³/mol. The number of aryl methyl sites for hydroxylation is 1. The van der Waals surface area contributed by atoms with E-state index in [-0.39, 0.29) is 11.9 Å². The van der Waals surface area contributed by atoms with Gasteiger partial charge < -0.3 is 19.9 Å². The van der Waals surface area contributed by atoms with Crippen LogP contribution in [0.2, 0.25) is 0 Å². The molecule has 2 aromatic rings. The van der Waals surface area contributed by atoms with Crippen LogP contribution >= 0.6 is 0 Å². The molecular formula is C25H32N4O3. The van der Waals surface area contributed by atoms with E-state index in [1.807, 2.05) is 60.4 Å². The van der Waals surface area contributed by atoms with E-state index in [0.29, 0.717) is 44.2 Å². The number of nitrogens with one attached hydrogen (secondary N) is 1. The molecule has 2 aliphatic rings. The Balaban J connectivity index is 1.29. The highest BCUT2D eigenvalue weighted by Gasteiger charge is 2.25. The van der Waals surface area contributed by atoms with Gasteiger partial charge in [-0.25, -0.2) is 4.79 Å². The normalized spacial score (nSPS) is 17.2. The lowest BCUT2D eigenvalue weighted by molar-refractivity contribution is -0.133. The van der Waals surface area contributed by atoms with Crippen LogP contribution < -0.4 is 10.1 Å². The van der Waals surface area contributed by atoms with E-state index in [4.69, 9.17) is 4.74 Å². The van der Waals surface area contributed by atoms with Crippen LogP contribution in [0.1, 0.15) is 24.8 Å². The van der Waals surface area contributed by atoms with E-state index < -0.39 is 0 Å². The molecule has 32 heavy (non-hydrogen) atoms. The van der Waals surface area contributed by atoms with Gasteiger partial charge in [0.15, 0.2) is 5.75 Å². The average molecular weight is 437 g/mol. The number of piperidine rings is 1. The average Bonchev–Trinajstić information content (AvgIpc) is 2.81. The summed E-state index contributed by atoms with van der Waals surface area (Å²) in [6.45, 7) is 6.82. The third-order valence-corrected chi connectivity index (χ3v) is 6.07. The molecular weight excluding hydrogens is 404 g/mol. The van der Waals surface area contributed by atoms with Crippen molar-refractivity contribution in [1.29, 1.82) is 0 Å². The summed E-state index contributed by atoms with van der Waals surface area (Å²) in [6, 6.07) is 15.1. The number of carbonyl (C=O) groups is 2. The number of urea groups is 1. The van der Waals surface area contributed by atoms with Crippen molar-refractivity contribution in [1.82, 2.24) is 14.7 Å². The third kappa shape index (κ3) is 5.79. The molecule has 0 saturated carbocycles. The Hall–Kier alpha value is -3.06. The summed E-state index contributed by atoms with van der Waals surface area (Å²) in [5.74, 6) is 1.56. The molecule has 0 unspecified atom stereocenters. The Morgan fingerprint density at radius 3 is 2.38 bits per heavy atom. The number of anilines is 1. The second-order valence-electron chi connectivity index (χ2n) is 8.55. The van der Waals surface area contributed by atoms with Gasteiger partial charge in [-0.3, -0.25) is 9.69 Å². The number of para-hydroxylation sites is 2. The van der Waals surface area contributed by atoms with Crippen molar-refractivity contribution in [2.24, 2.45) is 0 Å². The van der Waals surface area contributed by atoms with Crippen LogP contribution in [0.15, 0.2) is 48.5 Å². The van der Waals surface area contributed by atoms with Gasteiger partial charge in [0, 0.05) is 39.3 Å². The minimum absolute atomic E-state index is 0.146. The molecule has 1 N–H and O–H groups in total. The number of benzene rings is 2. The number of amides is 3. The van der Waals surface area contributed by atoms with Gasteiger partial charge in [0.05, 0.1) is 12.2 Å². The van der Waals surface area contributed by atoms with Crippen molar-refractivity contribution < 1.29 is 14.3 Å². The minimum atomic E-state index is -0.146. The summed E-state index contributed by atoms with van der Waals surface area (Å²) < 4.78 is 6.01. The first-order valence-corrected chi connectivity index (χ1v) is 11.5. The number of rotatable bonds is 5. The highest BCUT2D eigenvalue weighted by atomic mass is 16.5. The summed E-state index contributed by atoms with van der Waals surface area (Å²) in [5, 5.41) is 2.99. The molecule has 2 saturated heterocycles. The number of ether oxygens (including phenoxy) is 1. The Labute approximate surface area is 189 Å². The van der Waals surface area contributed by atoms with Crippen LogP contribution in [0, 0.1) is 6.92 Å². The van der Waals surface area contributed by atoms with Crippen molar-refractivity contribution >= 4 is 17.6 Å². The summed E-state index contributed by atoms with van der Waals surface area (Å²) >= 11 is 0. The van der Waals surface area contributed by atoms with E-state index >= 15 is 0 Å². The minimum Gasteiger partial charge on any atom is -0.455 e. The van der Waals surface area contributed by atoms with E-state index in [2.05, 4.69) is 10.2 Å². The lowest BCUT2D eigenvalue weighted by Crippen LogP contribution is -2.52. The number of carbonyl (C=O) groups excluding carboxylic acids is 2. The van der Waals surface area contributed by atoms with E-state index in [1.165, 1.54) is 6.42 Å². The molecule has 0 bridgehead atoms. The Kier molecular flexibility index (Phi) is 7.27. The predicted octanol–water partition coefficient (Wildman–Crippen LogP) is 3.95. The summed E-state index contributed by atoms with van der Waals surface area (Å²) in [6.07, 6.45) is 3.43. The first-order chi connectivity index (χ1) is 15.6. The van der Waals surface area contributed by atoms with Crippen molar-refractivity contribution in [3.05, 3.63) is 54.1 Å². The molecule has 0 aromatic heterocycles. The van der Waals surface area contributed by atoms with Crippen LogP contribution in [-0.2, 0) is 4.79 Å². The van der Waals surface area contributed by atoms with Gasteiger partial charge in [0.25, 0.3) is 0 Å². The number of nitrogens with zero attached hydrogens (tertiary/aromatic N) is 3. The summed E-state index contributed by atoms with van der Waals surface area (Å²) in [7, 11) is 0. The second-order valence-corrected chi connectivity index (χ2v) is 8.55. The van der Waals surface area contributed by atoms with Gasteiger partial charge in [-0.05, 0) is 56.0 Å². The molecule has 2 aromatic carbocycles. The smallest absolute Gasteiger partial charge is 0.322 e. The fraction of sp³-hybridized carbons (Fsp3) is 0.440. The summed E-state index contributed by atoms with van der Waals surface area (Å²) in [5.41, 5.74) is 1.75. The maximum atomic E-state index is 12.9. The molecule has 0 spiro atoms. The van der Waals surface area contributed by atoms with Crippen LogP contribution in [0.25, 0.3) is 0 Å². The third-order valence-electron chi connectivity index (χ3n) is 6.07. The van der Waals surface area contributed by atoms with Crippen molar-refractivity contribution in [3.8, 4) is 11.5 Å². The van der Waals surface area contributed by atoms with Gasteiger partial charge >= 0.3 is 6.03 Å². The zero-order chi connectivity index (χ0) is 22.3. The van der Waals surface area contributed by atoms with Crippen LogP contribution in [0.3, 0.4) is 0 Å². The molecule has 7 heteroatoms. The van der Waals surface area contributed by atoms with Crippen molar-refractivity contribution in [2.75, 3.05) is 51.1 Å². The second kappa shape index (κ2) is 10.5. The van der Waals surface area contributed by atoms with Crippen molar-refractivity contribution in [3.63, 3.8) is 0 Å². The number of likely N-dealkylation sites (tertiary alicyclic amines) is 1. The summed E-state index contributed by atoms with van der Waals surface area (Å²) in [4.78, 5) is 31.3. The molecule has 7 nitrogen and oxygen atoms in total.